The van der Waals surface area contributed by atoms with Crippen LogP contribution in [0.1, 0.15) is 10.4 Å². The average molecular weight is 306 g/mol. The number of halogens is 1. The van der Waals surface area contributed by atoms with E-state index in [9.17, 15) is 9.59 Å². The topological polar surface area (TPSA) is 104 Å². The molecule has 0 atom stereocenters. The number of rotatable bonds is 3. The van der Waals surface area contributed by atoms with E-state index < -0.39 is 12.0 Å². The summed E-state index contributed by atoms with van der Waals surface area (Å²) < 4.78 is 0. The molecular weight excluding hydrogens is 294 g/mol. The van der Waals surface area contributed by atoms with E-state index in [1.165, 1.54) is 18.2 Å². The third kappa shape index (κ3) is 3.64. The molecule has 2 aromatic carbocycles. The highest BCUT2D eigenvalue weighted by atomic mass is 35.5. The van der Waals surface area contributed by atoms with E-state index in [0.717, 1.165) is 0 Å². The van der Waals surface area contributed by atoms with Crippen molar-refractivity contribution in [1.29, 1.82) is 0 Å². The van der Waals surface area contributed by atoms with Gasteiger partial charge in [-0.2, -0.15) is 0 Å². The zero-order valence-corrected chi connectivity index (χ0v) is 11.5. The van der Waals surface area contributed by atoms with E-state index in [4.69, 9.17) is 22.4 Å². The summed E-state index contributed by atoms with van der Waals surface area (Å²) in [4.78, 5) is 22.8. The molecule has 0 aliphatic rings. The van der Waals surface area contributed by atoms with Gasteiger partial charge in [-0.25, -0.2) is 9.59 Å². The number of urea groups is 1. The summed E-state index contributed by atoms with van der Waals surface area (Å²) in [6, 6.07) is 10.2. The Balaban J connectivity index is 2.15. The Morgan fingerprint density at radius 3 is 2.38 bits per heavy atom. The predicted octanol–water partition coefficient (Wildman–Crippen LogP) is 3.26. The van der Waals surface area contributed by atoms with Gasteiger partial charge in [-0.3, -0.25) is 0 Å². The lowest BCUT2D eigenvalue weighted by Crippen LogP contribution is -2.20. The molecule has 2 rings (SSSR count). The van der Waals surface area contributed by atoms with Gasteiger partial charge in [-0.05, 0) is 30.3 Å². The van der Waals surface area contributed by atoms with Crippen molar-refractivity contribution in [3.63, 3.8) is 0 Å². The van der Waals surface area contributed by atoms with Gasteiger partial charge < -0.3 is 21.5 Å². The van der Waals surface area contributed by atoms with Crippen LogP contribution in [0.25, 0.3) is 0 Å². The van der Waals surface area contributed by atoms with Crippen molar-refractivity contribution in [2.24, 2.45) is 0 Å². The second-order valence-electron chi connectivity index (χ2n) is 4.17. The minimum absolute atomic E-state index is 0.0222. The molecule has 6 nitrogen and oxygen atoms in total. The highest BCUT2D eigenvalue weighted by Crippen LogP contribution is 2.24. The summed E-state index contributed by atoms with van der Waals surface area (Å²) in [6.45, 7) is 0. The van der Waals surface area contributed by atoms with Crippen molar-refractivity contribution in [2.75, 3.05) is 16.4 Å². The third-order valence-corrected chi connectivity index (χ3v) is 3.00. The van der Waals surface area contributed by atoms with Crippen LogP contribution in [0.5, 0.6) is 0 Å². The molecular formula is C14H12ClN3O3. The number of nitrogens with two attached hydrogens (primary N) is 1. The highest BCUT2D eigenvalue weighted by Gasteiger charge is 2.10. The van der Waals surface area contributed by atoms with E-state index in [1.54, 1.807) is 24.3 Å². The van der Waals surface area contributed by atoms with Crippen molar-refractivity contribution < 1.29 is 14.7 Å². The van der Waals surface area contributed by atoms with Gasteiger partial charge in [-0.1, -0.05) is 23.7 Å². The minimum Gasteiger partial charge on any atom is -0.478 e. The molecule has 0 spiro atoms. The number of nitrogens with one attached hydrogen (secondary N) is 2. The van der Waals surface area contributed by atoms with E-state index >= 15 is 0 Å². The Bertz CT molecular complexity index is 704. The lowest BCUT2D eigenvalue weighted by atomic mass is 10.2. The molecule has 0 heterocycles. The van der Waals surface area contributed by atoms with Gasteiger partial charge in [0, 0.05) is 0 Å². The third-order valence-electron chi connectivity index (χ3n) is 2.67. The van der Waals surface area contributed by atoms with E-state index in [-0.39, 0.29) is 16.3 Å². The first-order chi connectivity index (χ1) is 9.97. The van der Waals surface area contributed by atoms with E-state index in [1.807, 2.05) is 0 Å². The normalized spacial score (nSPS) is 9.95. The second-order valence-corrected chi connectivity index (χ2v) is 4.57. The van der Waals surface area contributed by atoms with Crippen LogP contribution in [-0.4, -0.2) is 17.1 Å². The molecule has 7 heteroatoms. The molecule has 108 valence electrons. The van der Waals surface area contributed by atoms with Gasteiger partial charge in [0.2, 0.25) is 0 Å². The number of amides is 2. The van der Waals surface area contributed by atoms with Gasteiger partial charge in [0.15, 0.2) is 0 Å². The second kappa shape index (κ2) is 6.15. The number of para-hydroxylation sites is 2. The highest BCUT2D eigenvalue weighted by molar-refractivity contribution is 6.34. The Morgan fingerprint density at radius 2 is 1.71 bits per heavy atom. The number of carboxylic acid groups (broad SMARTS) is 1. The molecule has 0 saturated heterocycles. The molecule has 0 saturated carbocycles. The quantitative estimate of drug-likeness (QED) is 0.653. The van der Waals surface area contributed by atoms with Gasteiger partial charge in [0.05, 0.1) is 27.6 Å². The fraction of sp³-hybridized carbons (Fsp3) is 0. The fourth-order valence-electron chi connectivity index (χ4n) is 1.64. The number of benzene rings is 2. The van der Waals surface area contributed by atoms with Crippen LogP contribution in [0.4, 0.5) is 21.9 Å². The Morgan fingerprint density at radius 1 is 1.05 bits per heavy atom. The number of nitrogen functional groups attached to an aromatic ring is 1. The molecule has 5 N–H and O–H groups in total. The number of hydrogen-bond acceptors (Lipinski definition) is 3. The number of aromatic carboxylic acids is 1. The van der Waals surface area contributed by atoms with E-state index in [2.05, 4.69) is 10.6 Å². The molecule has 21 heavy (non-hydrogen) atoms. The van der Waals surface area contributed by atoms with Crippen molar-refractivity contribution in [3.8, 4) is 0 Å². The van der Waals surface area contributed by atoms with Crippen LogP contribution in [0.15, 0.2) is 42.5 Å². The van der Waals surface area contributed by atoms with Gasteiger partial charge >= 0.3 is 12.0 Å². The number of hydrogen-bond donors (Lipinski definition) is 4. The molecule has 0 fully saturated rings. The van der Waals surface area contributed by atoms with Crippen LogP contribution in [-0.2, 0) is 0 Å². The molecule has 0 aromatic heterocycles. The number of anilines is 3. The van der Waals surface area contributed by atoms with E-state index in [0.29, 0.717) is 11.4 Å². The van der Waals surface area contributed by atoms with Crippen molar-refractivity contribution >= 4 is 40.7 Å². The molecule has 0 aliphatic carbocycles. The summed E-state index contributed by atoms with van der Waals surface area (Å²) in [6.07, 6.45) is 0. The van der Waals surface area contributed by atoms with Crippen molar-refractivity contribution in [3.05, 3.63) is 53.1 Å². The lowest BCUT2D eigenvalue weighted by molar-refractivity contribution is 0.0697. The van der Waals surface area contributed by atoms with Crippen molar-refractivity contribution in [2.45, 2.75) is 0 Å². The Labute approximate surface area is 125 Å². The maximum absolute atomic E-state index is 11.9. The van der Waals surface area contributed by atoms with Gasteiger partial charge in [-0.15, -0.1) is 0 Å². The average Bonchev–Trinajstić information content (AvgIpc) is 2.43. The van der Waals surface area contributed by atoms with Gasteiger partial charge in [0.25, 0.3) is 0 Å². The Kier molecular flexibility index (Phi) is 4.30. The van der Waals surface area contributed by atoms with Crippen LogP contribution < -0.4 is 16.4 Å². The van der Waals surface area contributed by atoms with Crippen LogP contribution in [0, 0.1) is 0 Å². The Hall–Kier alpha value is -2.73. The van der Waals surface area contributed by atoms with Gasteiger partial charge in [0.1, 0.15) is 0 Å². The molecule has 0 bridgehead atoms. The summed E-state index contributed by atoms with van der Waals surface area (Å²) in [5, 5.41) is 14.2. The van der Waals surface area contributed by atoms with Crippen LogP contribution in [0.3, 0.4) is 0 Å². The van der Waals surface area contributed by atoms with Crippen LogP contribution in [0.2, 0.25) is 5.02 Å². The summed E-state index contributed by atoms with van der Waals surface area (Å²) in [7, 11) is 0. The first-order valence-electron chi connectivity index (χ1n) is 5.92. The zero-order valence-electron chi connectivity index (χ0n) is 10.8. The van der Waals surface area contributed by atoms with Crippen molar-refractivity contribution in [1.82, 2.24) is 0 Å². The molecule has 0 unspecified atom stereocenters. The summed E-state index contributed by atoms with van der Waals surface area (Å²) in [5.41, 5.74) is 6.79. The zero-order chi connectivity index (χ0) is 15.4. The molecule has 0 radical (unpaired) electrons. The lowest BCUT2D eigenvalue weighted by Gasteiger charge is -2.11. The maximum atomic E-state index is 11.9. The smallest absolute Gasteiger partial charge is 0.335 e. The molecule has 0 aliphatic heterocycles. The monoisotopic (exact) mass is 305 g/mol. The molecule has 2 amide bonds. The summed E-state index contributed by atoms with van der Waals surface area (Å²) >= 11 is 5.92. The largest absolute Gasteiger partial charge is 0.478 e. The standard InChI is InChI=1S/C14H12ClN3O3/c15-9-6-5-8(13(19)20)7-12(9)18-14(21)17-11-4-2-1-3-10(11)16/h1-7H,16H2,(H,19,20)(H2,17,18,21). The van der Waals surface area contributed by atoms with Crippen LogP contribution >= 0.6 is 11.6 Å². The SMILES string of the molecule is Nc1ccccc1NC(=O)Nc1cc(C(=O)O)ccc1Cl. The first-order valence-corrected chi connectivity index (χ1v) is 6.30. The number of carboxylic acids is 1. The maximum Gasteiger partial charge on any atom is 0.335 e. The summed E-state index contributed by atoms with van der Waals surface area (Å²) in [5.74, 6) is -1.11. The number of carbonyl (C=O) groups excluding carboxylic acids is 1. The fourth-order valence-corrected chi connectivity index (χ4v) is 1.81. The first kappa shape index (κ1) is 14.7. The predicted molar refractivity (Wildman–Crippen MR) is 81.9 cm³/mol. The number of carbonyl (C=O) groups is 2. The molecule has 2 aromatic rings. The minimum atomic E-state index is -1.11.